The number of benzene rings is 1. The molecule has 1 N–H and O–H groups in total. The van der Waals surface area contributed by atoms with Crippen molar-refractivity contribution in [2.24, 2.45) is 7.05 Å². The van der Waals surface area contributed by atoms with E-state index in [0.717, 1.165) is 11.3 Å². The van der Waals surface area contributed by atoms with Gasteiger partial charge in [-0.3, -0.25) is 14.8 Å². The molecular formula is C15H15BrN6O. The molecular weight excluding hydrogens is 360 g/mol. The van der Waals surface area contributed by atoms with Crippen molar-refractivity contribution in [2.45, 2.75) is 13.5 Å². The van der Waals surface area contributed by atoms with Gasteiger partial charge in [-0.1, -0.05) is 30.3 Å². The van der Waals surface area contributed by atoms with E-state index >= 15 is 0 Å². The van der Waals surface area contributed by atoms with Crippen molar-refractivity contribution in [3.8, 4) is 0 Å². The van der Waals surface area contributed by atoms with Crippen LogP contribution in [-0.2, 0) is 13.6 Å². The monoisotopic (exact) mass is 374 g/mol. The SMILES string of the molecule is Cc1c(Br)c(C(=O)Nc2ncn(Cc3ccccc3)n2)nn1C. The number of rotatable bonds is 4. The first-order valence-corrected chi connectivity index (χ1v) is 7.77. The summed E-state index contributed by atoms with van der Waals surface area (Å²) in [6, 6.07) is 9.91. The normalized spacial score (nSPS) is 10.7. The summed E-state index contributed by atoms with van der Waals surface area (Å²) in [7, 11) is 1.78. The molecule has 0 fully saturated rings. The van der Waals surface area contributed by atoms with Gasteiger partial charge < -0.3 is 0 Å². The lowest BCUT2D eigenvalue weighted by Crippen LogP contribution is -2.15. The second-order valence-electron chi connectivity index (χ2n) is 5.08. The summed E-state index contributed by atoms with van der Waals surface area (Å²) in [5, 5.41) is 11.1. The molecule has 118 valence electrons. The number of carbonyl (C=O) groups is 1. The fourth-order valence-electron chi connectivity index (χ4n) is 2.09. The van der Waals surface area contributed by atoms with E-state index in [-0.39, 0.29) is 11.9 Å². The number of halogens is 1. The highest BCUT2D eigenvalue weighted by Crippen LogP contribution is 2.20. The molecule has 7 nitrogen and oxygen atoms in total. The molecule has 0 unspecified atom stereocenters. The van der Waals surface area contributed by atoms with Crippen LogP contribution < -0.4 is 5.32 Å². The lowest BCUT2D eigenvalue weighted by Gasteiger charge is -2.00. The molecule has 2 aromatic heterocycles. The molecule has 0 spiro atoms. The minimum Gasteiger partial charge on any atom is -0.288 e. The molecule has 0 radical (unpaired) electrons. The van der Waals surface area contributed by atoms with Crippen LogP contribution in [-0.4, -0.2) is 30.5 Å². The lowest BCUT2D eigenvalue weighted by atomic mass is 10.2. The maximum absolute atomic E-state index is 12.3. The number of amides is 1. The Hall–Kier alpha value is -2.48. The van der Waals surface area contributed by atoms with Crippen molar-refractivity contribution in [1.29, 1.82) is 0 Å². The third kappa shape index (κ3) is 3.31. The van der Waals surface area contributed by atoms with E-state index in [4.69, 9.17) is 0 Å². The lowest BCUT2D eigenvalue weighted by molar-refractivity contribution is 0.102. The standard InChI is InChI=1S/C15H15BrN6O/c1-10-12(16)13(19-21(10)2)14(23)18-15-17-9-22(20-15)8-11-6-4-3-5-7-11/h3-7,9H,8H2,1-2H3,(H,18,20,23). The average Bonchev–Trinajstić information content (AvgIpc) is 3.08. The predicted molar refractivity (Wildman–Crippen MR) is 89.2 cm³/mol. The van der Waals surface area contributed by atoms with Gasteiger partial charge >= 0.3 is 0 Å². The maximum atomic E-state index is 12.3. The molecule has 0 saturated heterocycles. The van der Waals surface area contributed by atoms with E-state index in [1.165, 1.54) is 0 Å². The Kier molecular flexibility index (Phi) is 4.24. The molecule has 0 aliphatic carbocycles. The fraction of sp³-hybridized carbons (Fsp3) is 0.200. The number of nitrogens with zero attached hydrogens (tertiary/aromatic N) is 5. The van der Waals surface area contributed by atoms with Gasteiger partial charge in [0.2, 0.25) is 5.95 Å². The largest absolute Gasteiger partial charge is 0.288 e. The van der Waals surface area contributed by atoms with Crippen LogP contribution in [0.4, 0.5) is 5.95 Å². The number of aromatic nitrogens is 5. The average molecular weight is 375 g/mol. The quantitative estimate of drug-likeness (QED) is 0.760. The summed E-state index contributed by atoms with van der Waals surface area (Å²) >= 11 is 3.37. The van der Waals surface area contributed by atoms with Gasteiger partial charge in [0.15, 0.2) is 5.69 Å². The van der Waals surface area contributed by atoms with Gasteiger partial charge in [-0.2, -0.15) is 5.10 Å². The first kappa shape index (κ1) is 15.4. The van der Waals surface area contributed by atoms with Crippen molar-refractivity contribution >= 4 is 27.8 Å². The van der Waals surface area contributed by atoms with Gasteiger partial charge in [-0.05, 0) is 28.4 Å². The van der Waals surface area contributed by atoms with Crippen molar-refractivity contribution in [2.75, 3.05) is 5.32 Å². The van der Waals surface area contributed by atoms with E-state index in [1.54, 1.807) is 22.7 Å². The Bertz CT molecular complexity index is 839. The Labute approximate surface area is 141 Å². The van der Waals surface area contributed by atoms with Gasteiger partial charge in [0.25, 0.3) is 5.91 Å². The van der Waals surface area contributed by atoms with Crippen molar-refractivity contribution in [3.05, 3.63) is 58.1 Å². The zero-order chi connectivity index (χ0) is 16.4. The van der Waals surface area contributed by atoms with Crippen molar-refractivity contribution < 1.29 is 4.79 Å². The number of aryl methyl sites for hydroxylation is 1. The Morgan fingerprint density at radius 2 is 2.00 bits per heavy atom. The number of nitrogens with one attached hydrogen (secondary N) is 1. The molecule has 8 heteroatoms. The van der Waals surface area contributed by atoms with Gasteiger partial charge in [0, 0.05) is 7.05 Å². The van der Waals surface area contributed by atoms with Crippen molar-refractivity contribution in [3.63, 3.8) is 0 Å². The van der Waals surface area contributed by atoms with E-state index < -0.39 is 0 Å². The van der Waals surface area contributed by atoms with Crippen molar-refractivity contribution in [1.82, 2.24) is 24.5 Å². The van der Waals surface area contributed by atoms with Crippen LogP contribution in [0.2, 0.25) is 0 Å². The first-order chi connectivity index (χ1) is 11.0. The van der Waals surface area contributed by atoms with Crippen LogP contribution >= 0.6 is 15.9 Å². The number of hydrogen-bond acceptors (Lipinski definition) is 4. The topological polar surface area (TPSA) is 77.6 Å². The molecule has 0 bridgehead atoms. The zero-order valence-electron chi connectivity index (χ0n) is 12.7. The van der Waals surface area contributed by atoms with Gasteiger partial charge in [-0.25, -0.2) is 9.67 Å². The molecule has 0 aliphatic rings. The molecule has 1 amide bonds. The molecule has 3 rings (SSSR count). The first-order valence-electron chi connectivity index (χ1n) is 6.98. The van der Waals surface area contributed by atoms with Crippen LogP contribution in [0.5, 0.6) is 0 Å². The summed E-state index contributed by atoms with van der Waals surface area (Å²) in [4.78, 5) is 16.4. The van der Waals surface area contributed by atoms with Crippen LogP contribution in [0.1, 0.15) is 21.7 Å². The van der Waals surface area contributed by atoms with Gasteiger partial charge in [0.05, 0.1) is 16.7 Å². The minimum atomic E-state index is -0.349. The highest BCUT2D eigenvalue weighted by molar-refractivity contribution is 9.10. The summed E-state index contributed by atoms with van der Waals surface area (Å²) in [6.07, 6.45) is 1.58. The highest BCUT2D eigenvalue weighted by atomic mass is 79.9. The molecule has 3 aromatic rings. The van der Waals surface area contributed by atoms with Gasteiger partial charge in [0.1, 0.15) is 6.33 Å². The summed E-state index contributed by atoms with van der Waals surface area (Å²) in [5.74, 6) is -0.0980. The van der Waals surface area contributed by atoms with E-state index in [9.17, 15) is 4.79 Å². The van der Waals surface area contributed by atoms with E-state index in [2.05, 4.69) is 36.4 Å². The molecule has 2 heterocycles. The summed E-state index contributed by atoms with van der Waals surface area (Å²) in [5.41, 5.74) is 2.29. The predicted octanol–water partition coefficient (Wildman–Crippen LogP) is 2.38. The second kappa shape index (κ2) is 6.33. The molecule has 0 saturated carbocycles. The zero-order valence-corrected chi connectivity index (χ0v) is 14.3. The fourth-order valence-corrected chi connectivity index (χ4v) is 2.60. The van der Waals surface area contributed by atoms with Crippen LogP contribution in [0.3, 0.4) is 0 Å². The summed E-state index contributed by atoms with van der Waals surface area (Å²) in [6.45, 7) is 2.47. The Morgan fingerprint density at radius 3 is 2.65 bits per heavy atom. The molecule has 0 aliphatic heterocycles. The Morgan fingerprint density at radius 1 is 1.26 bits per heavy atom. The van der Waals surface area contributed by atoms with E-state index in [1.807, 2.05) is 37.3 Å². The molecule has 23 heavy (non-hydrogen) atoms. The second-order valence-corrected chi connectivity index (χ2v) is 5.87. The smallest absolute Gasteiger partial charge is 0.279 e. The maximum Gasteiger partial charge on any atom is 0.279 e. The number of carbonyl (C=O) groups excluding carboxylic acids is 1. The molecule has 1 aromatic carbocycles. The number of anilines is 1. The minimum absolute atomic E-state index is 0.251. The highest BCUT2D eigenvalue weighted by Gasteiger charge is 2.19. The van der Waals surface area contributed by atoms with Gasteiger partial charge in [-0.15, -0.1) is 5.10 Å². The third-order valence-corrected chi connectivity index (χ3v) is 4.37. The van der Waals surface area contributed by atoms with Crippen LogP contribution in [0, 0.1) is 6.92 Å². The molecule has 0 atom stereocenters. The van der Waals surface area contributed by atoms with Crippen LogP contribution in [0.15, 0.2) is 41.1 Å². The summed E-state index contributed by atoms with van der Waals surface area (Å²) < 4.78 is 3.98. The van der Waals surface area contributed by atoms with E-state index in [0.29, 0.717) is 16.7 Å². The third-order valence-electron chi connectivity index (χ3n) is 3.43. The Balaban J connectivity index is 1.71. The van der Waals surface area contributed by atoms with Crippen LogP contribution in [0.25, 0.3) is 0 Å². The number of hydrogen-bond donors (Lipinski definition) is 1.